The van der Waals surface area contributed by atoms with Crippen LogP contribution < -0.4 is 18.9 Å². The van der Waals surface area contributed by atoms with Gasteiger partial charge in [0.1, 0.15) is 30.4 Å². The number of hydrogen-bond donors (Lipinski definition) is 0. The summed E-state index contributed by atoms with van der Waals surface area (Å²) in [5.74, 6) is 2.99. The van der Waals surface area contributed by atoms with Crippen molar-refractivity contribution in [3.63, 3.8) is 0 Å². The van der Waals surface area contributed by atoms with Crippen LogP contribution in [0.3, 0.4) is 0 Å². The molecule has 3 heterocycles. The molecule has 1 unspecified atom stereocenters. The van der Waals surface area contributed by atoms with Gasteiger partial charge in [0.25, 0.3) is 0 Å². The first-order valence-corrected chi connectivity index (χ1v) is 12.0. The lowest BCUT2D eigenvalue weighted by molar-refractivity contribution is -0.129. The normalized spacial score (nSPS) is 17.0. The van der Waals surface area contributed by atoms with Crippen molar-refractivity contribution in [2.75, 3.05) is 39.7 Å². The lowest BCUT2D eigenvalue weighted by atomic mass is 10.0. The molecule has 11 heteroatoms. The van der Waals surface area contributed by atoms with Crippen LogP contribution in [-0.2, 0) is 4.79 Å². The molecule has 34 heavy (non-hydrogen) atoms. The number of rotatable bonds is 7. The van der Waals surface area contributed by atoms with Crippen LogP contribution in [0, 0.1) is 0 Å². The van der Waals surface area contributed by atoms with E-state index in [1.54, 1.807) is 37.1 Å². The molecular weight excluding hydrogens is 458 g/mol. The zero-order chi connectivity index (χ0) is 23.5. The molecule has 2 aliphatic rings. The third-order valence-electron chi connectivity index (χ3n) is 5.90. The predicted octanol–water partition coefficient (Wildman–Crippen LogP) is 2.91. The van der Waals surface area contributed by atoms with Gasteiger partial charge in [-0.25, -0.2) is 0 Å². The molecule has 178 valence electrons. The Kier molecular flexibility index (Phi) is 6.43. The molecule has 1 fully saturated rings. The van der Waals surface area contributed by atoms with E-state index in [0.717, 1.165) is 29.9 Å². The number of benzene rings is 2. The Bertz CT molecular complexity index is 1190. The predicted molar refractivity (Wildman–Crippen MR) is 124 cm³/mol. The Labute approximate surface area is 201 Å². The molecule has 5 rings (SSSR count). The first-order valence-electron chi connectivity index (χ1n) is 11.0. The first-order chi connectivity index (χ1) is 16.7. The largest absolute Gasteiger partial charge is 0.497 e. The number of tetrazole rings is 1. The van der Waals surface area contributed by atoms with Crippen molar-refractivity contribution in [3.8, 4) is 28.7 Å². The second-order valence-electron chi connectivity index (χ2n) is 7.85. The number of nitrogens with zero attached hydrogens (tertiary/aromatic N) is 5. The van der Waals surface area contributed by atoms with Crippen molar-refractivity contribution in [2.24, 2.45) is 0 Å². The number of fused-ring (bicyclic) bond motifs is 1. The van der Waals surface area contributed by atoms with Gasteiger partial charge in [-0.05, 0) is 53.1 Å². The molecule has 2 aromatic carbocycles. The first kappa shape index (κ1) is 22.3. The van der Waals surface area contributed by atoms with Crippen LogP contribution in [0.15, 0.2) is 41.6 Å². The maximum Gasteiger partial charge on any atom is 0.233 e. The van der Waals surface area contributed by atoms with Gasteiger partial charge in [0.2, 0.25) is 11.1 Å². The zero-order valence-electron chi connectivity index (χ0n) is 19.0. The third-order valence-corrected chi connectivity index (χ3v) is 6.81. The highest BCUT2D eigenvalue weighted by molar-refractivity contribution is 7.99. The molecule has 0 radical (unpaired) electrons. The maximum atomic E-state index is 13.2. The van der Waals surface area contributed by atoms with Crippen molar-refractivity contribution < 1.29 is 23.7 Å². The summed E-state index contributed by atoms with van der Waals surface area (Å²) >= 11 is 1.29. The van der Waals surface area contributed by atoms with Gasteiger partial charge >= 0.3 is 0 Å². The molecule has 0 N–H and O–H groups in total. The van der Waals surface area contributed by atoms with Crippen LogP contribution >= 0.6 is 11.8 Å². The topological polar surface area (TPSA) is 101 Å². The molecule has 0 spiro atoms. The zero-order valence-corrected chi connectivity index (χ0v) is 19.8. The van der Waals surface area contributed by atoms with E-state index in [1.807, 2.05) is 23.1 Å². The fraction of sp³-hybridized carbons (Fsp3) is 0.391. The SMILES string of the molecule is COc1ccc(OC)c(-n2nnnc2SCC(=O)N2CCCC2c2ccc3c(c2)OCCO3)c1. The highest BCUT2D eigenvalue weighted by Crippen LogP contribution is 2.38. The maximum absolute atomic E-state index is 13.2. The number of ether oxygens (including phenoxy) is 4. The van der Waals surface area contributed by atoms with E-state index in [2.05, 4.69) is 15.5 Å². The fourth-order valence-corrected chi connectivity index (χ4v) is 5.04. The Morgan fingerprint density at radius 3 is 2.79 bits per heavy atom. The summed E-state index contributed by atoms with van der Waals surface area (Å²) in [7, 11) is 3.17. The van der Waals surface area contributed by atoms with Crippen LogP contribution in [0.25, 0.3) is 5.69 Å². The molecule has 0 bridgehead atoms. The molecule has 2 aliphatic heterocycles. The number of likely N-dealkylation sites (tertiary alicyclic amines) is 1. The number of methoxy groups -OCH3 is 2. The minimum atomic E-state index is 0.0124. The van der Waals surface area contributed by atoms with E-state index < -0.39 is 0 Å². The van der Waals surface area contributed by atoms with Crippen molar-refractivity contribution in [1.82, 2.24) is 25.1 Å². The highest BCUT2D eigenvalue weighted by Gasteiger charge is 2.31. The summed E-state index contributed by atoms with van der Waals surface area (Å²) in [6.45, 7) is 1.80. The Morgan fingerprint density at radius 2 is 1.97 bits per heavy atom. The Balaban J connectivity index is 1.31. The quantitative estimate of drug-likeness (QED) is 0.470. The fourth-order valence-electron chi connectivity index (χ4n) is 4.27. The minimum absolute atomic E-state index is 0.0124. The monoisotopic (exact) mass is 483 g/mol. The van der Waals surface area contributed by atoms with Crippen LogP contribution in [0.2, 0.25) is 0 Å². The van der Waals surface area contributed by atoms with E-state index in [1.165, 1.54) is 11.8 Å². The molecule has 1 atom stereocenters. The molecule has 0 saturated carbocycles. The van der Waals surface area contributed by atoms with Crippen molar-refractivity contribution in [2.45, 2.75) is 24.0 Å². The summed E-state index contributed by atoms with van der Waals surface area (Å²) < 4.78 is 23.7. The van der Waals surface area contributed by atoms with Crippen LogP contribution in [0.4, 0.5) is 0 Å². The lowest BCUT2D eigenvalue weighted by Gasteiger charge is -2.26. The van der Waals surface area contributed by atoms with Crippen LogP contribution in [0.1, 0.15) is 24.4 Å². The van der Waals surface area contributed by atoms with Gasteiger partial charge in [-0.1, -0.05) is 17.8 Å². The van der Waals surface area contributed by atoms with E-state index in [0.29, 0.717) is 42.1 Å². The molecule has 0 aliphatic carbocycles. The van der Waals surface area contributed by atoms with E-state index in [9.17, 15) is 4.79 Å². The Hall–Kier alpha value is -3.47. The summed E-state index contributed by atoms with van der Waals surface area (Å²) in [6, 6.07) is 11.3. The van der Waals surface area contributed by atoms with Crippen molar-refractivity contribution in [3.05, 3.63) is 42.0 Å². The number of hydrogen-bond acceptors (Lipinski definition) is 9. The van der Waals surface area contributed by atoms with Gasteiger partial charge in [0, 0.05) is 12.6 Å². The third kappa shape index (κ3) is 4.35. The molecule has 10 nitrogen and oxygen atoms in total. The highest BCUT2D eigenvalue weighted by atomic mass is 32.2. The van der Waals surface area contributed by atoms with E-state index in [4.69, 9.17) is 18.9 Å². The van der Waals surface area contributed by atoms with Crippen molar-refractivity contribution >= 4 is 17.7 Å². The van der Waals surface area contributed by atoms with Gasteiger partial charge in [0.15, 0.2) is 11.5 Å². The van der Waals surface area contributed by atoms with Gasteiger partial charge in [-0.15, -0.1) is 5.10 Å². The molecule has 1 amide bonds. The second kappa shape index (κ2) is 9.80. The number of carbonyl (C=O) groups is 1. The van der Waals surface area contributed by atoms with E-state index >= 15 is 0 Å². The van der Waals surface area contributed by atoms with Gasteiger partial charge in [-0.3, -0.25) is 4.79 Å². The summed E-state index contributed by atoms with van der Waals surface area (Å²) in [4.78, 5) is 15.1. The molecular formula is C23H25N5O5S. The van der Waals surface area contributed by atoms with Crippen molar-refractivity contribution in [1.29, 1.82) is 0 Å². The van der Waals surface area contributed by atoms with Gasteiger partial charge in [0.05, 0.1) is 26.0 Å². The smallest absolute Gasteiger partial charge is 0.233 e. The second-order valence-corrected chi connectivity index (χ2v) is 8.79. The summed E-state index contributed by atoms with van der Waals surface area (Å²) in [6.07, 6.45) is 1.86. The van der Waals surface area contributed by atoms with Gasteiger partial charge < -0.3 is 23.8 Å². The standard InChI is InChI=1S/C23H25N5O5S/c1-30-16-6-8-19(31-2)18(13-16)28-23(24-25-26-28)34-14-22(29)27-9-3-4-17(27)15-5-7-20-21(12-15)33-11-10-32-20/h5-8,12-13,17H,3-4,9-11,14H2,1-2H3. The average Bonchev–Trinajstić information content (AvgIpc) is 3.56. The summed E-state index contributed by atoms with van der Waals surface area (Å²) in [5, 5.41) is 12.5. The summed E-state index contributed by atoms with van der Waals surface area (Å²) in [5.41, 5.74) is 1.70. The number of carbonyl (C=O) groups excluding carboxylic acids is 1. The molecule has 1 aromatic heterocycles. The van der Waals surface area contributed by atoms with Crippen LogP contribution in [-0.4, -0.2) is 70.7 Å². The molecule has 3 aromatic rings. The van der Waals surface area contributed by atoms with E-state index in [-0.39, 0.29) is 17.7 Å². The van der Waals surface area contributed by atoms with Crippen LogP contribution in [0.5, 0.6) is 23.0 Å². The Morgan fingerprint density at radius 1 is 1.12 bits per heavy atom. The molecule has 1 saturated heterocycles. The average molecular weight is 484 g/mol. The lowest BCUT2D eigenvalue weighted by Crippen LogP contribution is -2.32. The number of amides is 1. The van der Waals surface area contributed by atoms with Gasteiger partial charge in [-0.2, -0.15) is 4.68 Å². The minimum Gasteiger partial charge on any atom is -0.497 e. The number of thioether (sulfide) groups is 1. The number of aromatic nitrogens is 4.